The molecule has 0 amide bonds. The molecule has 3 N–H and O–H groups in total. The lowest BCUT2D eigenvalue weighted by Gasteiger charge is -2.13. The van der Waals surface area contributed by atoms with Crippen molar-refractivity contribution in [3.8, 4) is 0 Å². The van der Waals surface area contributed by atoms with Crippen LogP contribution in [0.3, 0.4) is 0 Å². The predicted molar refractivity (Wildman–Crippen MR) is 79.6 cm³/mol. The van der Waals surface area contributed by atoms with Gasteiger partial charge >= 0.3 is 0 Å². The van der Waals surface area contributed by atoms with Crippen LogP contribution < -0.4 is 11.1 Å². The van der Waals surface area contributed by atoms with E-state index < -0.39 is 0 Å². The van der Waals surface area contributed by atoms with Crippen LogP contribution in [0.1, 0.15) is 19.4 Å². The van der Waals surface area contributed by atoms with Crippen molar-refractivity contribution in [2.45, 2.75) is 20.0 Å². The van der Waals surface area contributed by atoms with Crippen molar-refractivity contribution in [1.82, 2.24) is 0 Å². The number of nitrogens with two attached hydrogens (primary N) is 1. The standard InChI is InChI=1S/C12H17BrN2OS/c1-8(2)16-7-6-15-10-5-3-4-9(13)11(10)12(14)17/h3-5,8,15H,6-7H2,1-2H3,(H2,14,17). The third kappa shape index (κ3) is 4.61. The Labute approximate surface area is 116 Å². The summed E-state index contributed by atoms with van der Waals surface area (Å²) in [6, 6.07) is 5.82. The smallest absolute Gasteiger partial charge is 0.107 e. The number of hydrogen-bond donors (Lipinski definition) is 2. The summed E-state index contributed by atoms with van der Waals surface area (Å²) in [5.74, 6) is 0. The minimum absolute atomic E-state index is 0.245. The summed E-state index contributed by atoms with van der Waals surface area (Å²) >= 11 is 8.48. The van der Waals surface area contributed by atoms with Gasteiger partial charge in [0.15, 0.2) is 0 Å². The van der Waals surface area contributed by atoms with Gasteiger partial charge in [0.1, 0.15) is 4.99 Å². The lowest BCUT2D eigenvalue weighted by molar-refractivity contribution is 0.0870. The summed E-state index contributed by atoms with van der Waals surface area (Å²) < 4.78 is 6.36. The SMILES string of the molecule is CC(C)OCCNc1cccc(Br)c1C(N)=S. The second-order valence-electron chi connectivity index (χ2n) is 3.87. The van der Waals surface area contributed by atoms with Gasteiger partial charge in [-0.3, -0.25) is 0 Å². The van der Waals surface area contributed by atoms with E-state index in [1.165, 1.54) is 0 Å². The van der Waals surface area contributed by atoms with Crippen LogP contribution in [-0.2, 0) is 4.74 Å². The molecule has 1 rings (SSSR count). The molecule has 0 unspecified atom stereocenters. The molecular formula is C12H17BrN2OS. The number of halogens is 1. The molecule has 94 valence electrons. The molecule has 0 aromatic heterocycles. The highest BCUT2D eigenvalue weighted by Crippen LogP contribution is 2.24. The summed E-state index contributed by atoms with van der Waals surface area (Å²) in [6.45, 7) is 5.41. The van der Waals surface area contributed by atoms with Crippen LogP contribution in [0.5, 0.6) is 0 Å². The molecule has 5 heteroatoms. The first-order chi connectivity index (χ1) is 8.02. The fourth-order valence-corrected chi connectivity index (χ4v) is 2.33. The van der Waals surface area contributed by atoms with Gasteiger partial charge in [0.05, 0.1) is 12.7 Å². The number of rotatable bonds is 6. The van der Waals surface area contributed by atoms with Crippen LogP contribution in [-0.4, -0.2) is 24.2 Å². The molecule has 0 heterocycles. The second kappa shape index (κ2) is 6.93. The Hall–Kier alpha value is -0.650. The fraction of sp³-hybridized carbons (Fsp3) is 0.417. The summed E-state index contributed by atoms with van der Waals surface area (Å²) in [5.41, 5.74) is 7.47. The third-order valence-corrected chi connectivity index (χ3v) is 2.99. The van der Waals surface area contributed by atoms with E-state index in [0.29, 0.717) is 11.6 Å². The molecule has 0 atom stereocenters. The van der Waals surface area contributed by atoms with Crippen molar-refractivity contribution < 1.29 is 4.74 Å². The maximum absolute atomic E-state index is 5.70. The zero-order chi connectivity index (χ0) is 12.8. The monoisotopic (exact) mass is 316 g/mol. The van der Waals surface area contributed by atoms with Crippen molar-refractivity contribution in [3.05, 3.63) is 28.2 Å². The van der Waals surface area contributed by atoms with E-state index >= 15 is 0 Å². The zero-order valence-corrected chi connectivity index (χ0v) is 12.4. The first-order valence-electron chi connectivity index (χ1n) is 5.46. The predicted octanol–water partition coefficient (Wildman–Crippen LogP) is 2.92. The molecule has 0 bridgehead atoms. The Morgan fingerprint density at radius 3 is 2.82 bits per heavy atom. The van der Waals surface area contributed by atoms with Crippen molar-refractivity contribution >= 4 is 38.8 Å². The first-order valence-corrected chi connectivity index (χ1v) is 6.66. The molecule has 3 nitrogen and oxygen atoms in total. The van der Waals surface area contributed by atoms with E-state index in [9.17, 15) is 0 Å². The van der Waals surface area contributed by atoms with Gasteiger partial charge in [0.2, 0.25) is 0 Å². The molecule has 1 aromatic rings. The maximum atomic E-state index is 5.70. The molecule has 0 aliphatic rings. The third-order valence-electron chi connectivity index (χ3n) is 2.13. The maximum Gasteiger partial charge on any atom is 0.107 e. The minimum Gasteiger partial charge on any atom is -0.389 e. The summed E-state index contributed by atoms with van der Waals surface area (Å²) in [6.07, 6.45) is 0.245. The van der Waals surface area contributed by atoms with Crippen molar-refractivity contribution in [2.75, 3.05) is 18.5 Å². The first kappa shape index (κ1) is 14.4. The highest BCUT2D eigenvalue weighted by atomic mass is 79.9. The summed E-state index contributed by atoms with van der Waals surface area (Å²) in [5, 5.41) is 3.27. The van der Waals surface area contributed by atoms with Gasteiger partial charge in [0.25, 0.3) is 0 Å². The number of hydrogen-bond acceptors (Lipinski definition) is 3. The van der Waals surface area contributed by atoms with Gasteiger partial charge in [-0.05, 0) is 41.9 Å². The van der Waals surface area contributed by atoms with Crippen LogP contribution in [0.4, 0.5) is 5.69 Å². The second-order valence-corrected chi connectivity index (χ2v) is 5.17. The minimum atomic E-state index is 0.245. The normalized spacial score (nSPS) is 10.6. The Kier molecular flexibility index (Phi) is 5.88. The average Bonchev–Trinajstić information content (AvgIpc) is 2.23. The van der Waals surface area contributed by atoms with E-state index in [1.807, 2.05) is 32.0 Å². The molecule has 0 fully saturated rings. The molecule has 0 aliphatic heterocycles. The van der Waals surface area contributed by atoms with Crippen molar-refractivity contribution in [3.63, 3.8) is 0 Å². The number of benzene rings is 1. The van der Waals surface area contributed by atoms with Crippen molar-refractivity contribution in [1.29, 1.82) is 0 Å². The topological polar surface area (TPSA) is 47.3 Å². The Bertz CT molecular complexity index is 396. The van der Waals surface area contributed by atoms with E-state index in [2.05, 4.69) is 21.2 Å². The van der Waals surface area contributed by atoms with E-state index in [1.54, 1.807) is 0 Å². The quantitative estimate of drug-likeness (QED) is 0.626. The highest BCUT2D eigenvalue weighted by Gasteiger charge is 2.08. The molecule has 0 radical (unpaired) electrons. The summed E-state index contributed by atoms with van der Waals surface area (Å²) in [4.78, 5) is 0.379. The zero-order valence-electron chi connectivity index (χ0n) is 10.00. The van der Waals surface area contributed by atoms with Gasteiger partial charge in [-0.25, -0.2) is 0 Å². The molecule has 1 aromatic carbocycles. The van der Waals surface area contributed by atoms with Gasteiger partial charge in [-0.1, -0.05) is 18.3 Å². The Morgan fingerprint density at radius 2 is 2.24 bits per heavy atom. The van der Waals surface area contributed by atoms with Gasteiger partial charge in [-0.2, -0.15) is 0 Å². The van der Waals surface area contributed by atoms with Gasteiger partial charge < -0.3 is 15.8 Å². The summed E-state index contributed by atoms with van der Waals surface area (Å²) in [7, 11) is 0. The van der Waals surface area contributed by atoms with Crippen LogP contribution in [0, 0.1) is 0 Å². The lowest BCUT2D eigenvalue weighted by atomic mass is 10.2. The number of ether oxygens (including phenoxy) is 1. The molecular weight excluding hydrogens is 300 g/mol. The molecule has 0 spiro atoms. The fourth-order valence-electron chi connectivity index (χ4n) is 1.40. The number of nitrogens with one attached hydrogen (secondary N) is 1. The van der Waals surface area contributed by atoms with Crippen molar-refractivity contribution in [2.24, 2.45) is 5.73 Å². The Morgan fingerprint density at radius 1 is 1.53 bits per heavy atom. The van der Waals surface area contributed by atoms with Crippen LogP contribution in [0.15, 0.2) is 22.7 Å². The molecule has 0 saturated heterocycles. The number of thiocarbonyl (C=S) groups is 1. The van der Waals surface area contributed by atoms with E-state index in [-0.39, 0.29) is 6.10 Å². The molecule has 0 aliphatic carbocycles. The number of anilines is 1. The lowest BCUT2D eigenvalue weighted by Crippen LogP contribution is -2.17. The highest BCUT2D eigenvalue weighted by molar-refractivity contribution is 9.10. The van der Waals surface area contributed by atoms with Gasteiger partial charge in [0, 0.05) is 22.3 Å². The van der Waals surface area contributed by atoms with Crippen LogP contribution in [0.2, 0.25) is 0 Å². The molecule has 0 saturated carbocycles. The molecule has 17 heavy (non-hydrogen) atoms. The average molecular weight is 317 g/mol. The van der Waals surface area contributed by atoms with Gasteiger partial charge in [-0.15, -0.1) is 0 Å². The largest absolute Gasteiger partial charge is 0.389 e. The van der Waals surface area contributed by atoms with Crippen LogP contribution >= 0.6 is 28.1 Å². The Balaban J connectivity index is 2.64. The van der Waals surface area contributed by atoms with Crippen LogP contribution in [0.25, 0.3) is 0 Å². The van der Waals surface area contributed by atoms with E-state index in [0.717, 1.165) is 22.3 Å². The van der Waals surface area contributed by atoms with E-state index in [4.69, 9.17) is 22.7 Å².